The summed E-state index contributed by atoms with van der Waals surface area (Å²) in [5.74, 6) is -0.280. The number of aryl methyl sites for hydroxylation is 2. The summed E-state index contributed by atoms with van der Waals surface area (Å²) in [6, 6.07) is 22.4. The lowest BCUT2D eigenvalue weighted by molar-refractivity contribution is 0.102. The Kier molecular flexibility index (Phi) is 6.86. The Morgan fingerprint density at radius 2 is 1.55 bits per heavy atom. The summed E-state index contributed by atoms with van der Waals surface area (Å²) in [4.78, 5) is 19.3. The maximum Gasteiger partial charge on any atom is 0.255 e. The minimum atomic E-state index is -3.54. The van der Waals surface area contributed by atoms with Gasteiger partial charge in [-0.15, -0.1) is 11.3 Å². The van der Waals surface area contributed by atoms with E-state index in [1.165, 1.54) is 28.1 Å². The standard InChI is InChI=1S/C30H29N3O3S2/c34-29(22-11-16-25(17-12-22)38(35,36)33-19-5-1-2-6-20-33)31-24-14-9-23(10-15-24)30-32-28-26-8-4-3-7-21(26)13-18-27(28)37-30/h3-4,7-12,14-17H,1-2,5-6,13,18-20H2,(H,31,34). The molecule has 0 saturated carbocycles. The van der Waals surface area contributed by atoms with Crippen molar-refractivity contribution in [2.24, 2.45) is 0 Å². The molecule has 0 atom stereocenters. The molecule has 1 aliphatic heterocycles. The van der Waals surface area contributed by atoms with Crippen molar-refractivity contribution in [1.82, 2.24) is 9.29 Å². The highest BCUT2D eigenvalue weighted by Gasteiger charge is 2.25. The molecule has 2 aliphatic rings. The topological polar surface area (TPSA) is 79.4 Å². The van der Waals surface area contributed by atoms with Gasteiger partial charge in [0.05, 0.1) is 10.6 Å². The van der Waals surface area contributed by atoms with Crippen LogP contribution in [0, 0.1) is 0 Å². The third kappa shape index (κ3) is 4.91. The summed E-state index contributed by atoms with van der Waals surface area (Å²) in [7, 11) is -3.54. The molecule has 38 heavy (non-hydrogen) atoms. The highest BCUT2D eigenvalue weighted by molar-refractivity contribution is 7.89. The first-order valence-corrected chi connectivity index (χ1v) is 15.3. The molecule has 6 rings (SSSR count). The molecule has 0 spiro atoms. The van der Waals surface area contributed by atoms with Gasteiger partial charge in [0.15, 0.2) is 0 Å². The minimum Gasteiger partial charge on any atom is -0.322 e. The zero-order valence-electron chi connectivity index (χ0n) is 21.0. The molecule has 0 radical (unpaired) electrons. The fourth-order valence-electron chi connectivity index (χ4n) is 5.18. The van der Waals surface area contributed by atoms with Crippen LogP contribution in [0.2, 0.25) is 0 Å². The SMILES string of the molecule is O=C(Nc1ccc(-c2nc3c(s2)CCc2ccccc2-3)cc1)c1ccc(S(=O)(=O)N2CCCCCC2)cc1. The van der Waals surface area contributed by atoms with Gasteiger partial charge in [0.25, 0.3) is 5.91 Å². The number of nitrogens with zero attached hydrogens (tertiary/aromatic N) is 2. The number of fused-ring (bicyclic) bond motifs is 3. The van der Waals surface area contributed by atoms with Gasteiger partial charge in [-0.05, 0) is 79.8 Å². The Balaban J connectivity index is 1.14. The molecular weight excluding hydrogens is 514 g/mol. The monoisotopic (exact) mass is 543 g/mol. The lowest BCUT2D eigenvalue weighted by Gasteiger charge is -2.20. The zero-order chi connectivity index (χ0) is 26.1. The molecule has 8 heteroatoms. The number of benzene rings is 3. The van der Waals surface area contributed by atoms with Crippen molar-refractivity contribution >= 4 is 33.0 Å². The second-order valence-electron chi connectivity index (χ2n) is 9.82. The lowest BCUT2D eigenvalue weighted by atomic mass is 9.94. The molecule has 3 aromatic carbocycles. The highest BCUT2D eigenvalue weighted by atomic mass is 32.2. The Labute approximate surface area is 227 Å². The van der Waals surface area contributed by atoms with E-state index in [0.29, 0.717) is 24.3 Å². The predicted octanol–water partition coefficient (Wildman–Crippen LogP) is 6.39. The largest absolute Gasteiger partial charge is 0.322 e. The summed E-state index contributed by atoms with van der Waals surface area (Å²) in [5.41, 5.74) is 5.77. The number of aromatic nitrogens is 1. The molecule has 0 bridgehead atoms. The van der Waals surface area contributed by atoms with E-state index in [0.717, 1.165) is 54.8 Å². The van der Waals surface area contributed by atoms with Crippen molar-refractivity contribution in [2.45, 2.75) is 43.4 Å². The number of sulfonamides is 1. The Bertz CT molecular complexity index is 1570. The van der Waals surface area contributed by atoms with Crippen molar-refractivity contribution in [3.63, 3.8) is 0 Å². The minimum absolute atomic E-state index is 0.231. The average molecular weight is 544 g/mol. The van der Waals surface area contributed by atoms with E-state index in [1.54, 1.807) is 27.8 Å². The lowest BCUT2D eigenvalue weighted by Crippen LogP contribution is -2.31. The fraction of sp³-hybridized carbons (Fsp3) is 0.267. The van der Waals surface area contributed by atoms with Crippen molar-refractivity contribution in [2.75, 3.05) is 18.4 Å². The van der Waals surface area contributed by atoms with E-state index in [9.17, 15) is 13.2 Å². The Morgan fingerprint density at radius 3 is 2.29 bits per heavy atom. The van der Waals surface area contributed by atoms with Gasteiger partial charge in [-0.25, -0.2) is 13.4 Å². The van der Waals surface area contributed by atoms with Crippen LogP contribution in [0.15, 0.2) is 77.7 Å². The zero-order valence-corrected chi connectivity index (χ0v) is 22.7. The molecule has 1 aliphatic carbocycles. The first kappa shape index (κ1) is 25.0. The number of hydrogen-bond donors (Lipinski definition) is 1. The Morgan fingerprint density at radius 1 is 0.842 bits per heavy atom. The van der Waals surface area contributed by atoms with Gasteiger partial charge in [0.1, 0.15) is 5.01 Å². The summed E-state index contributed by atoms with van der Waals surface area (Å²) < 4.78 is 27.6. The summed E-state index contributed by atoms with van der Waals surface area (Å²) in [6.07, 6.45) is 5.95. The van der Waals surface area contributed by atoms with Crippen molar-refractivity contribution in [3.8, 4) is 21.8 Å². The number of thiazole rings is 1. The Hall–Kier alpha value is -3.33. The molecule has 1 N–H and O–H groups in total. The van der Waals surface area contributed by atoms with E-state index in [-0.39, 0.29) is 10.8 Å². The molecule has 6 nitrogen and oxygen atoms in total. The maximum atomic E-state index is 13.0. The molecule has 194 valence electrons. The molecule has 2 heterocycles. The number of hydrogen-bond acceptors (Lipinski definition) is 5. The van der Waals surface area contributed by atoms with Crippen molar-refractivity contribution in [1.29, 1.82) is 0 Å². The molecule has 1 saturated heterocycles. The number of anilines is 1. The summed E-state index contributed by atoms with van der Waals surface area (Å²) >= 11 is 1.73. The fourth-order valence-corrected chi connectivity index (χ4v) is 7.78. The van der Waals surface area contributed by atoms with E-state index in [1.807, 2.05) is 24.3 Å². The first-order chi connectivity index (χ1) is 18.5. The van der Waals surface area contributed by atoms with Gasteiger partial charge >= 0.3 is 0 Å². The molecular formula is C30H29N3O3S2. The highest BCUT2D eigenvalue weighted by Crippen LogP contribution is 2.39. The second-order valence-corrected chi connectivity index (χ2v) is 12.8. The van der Waals surface area contributed by atoms with Crippen LogP contribution in [0.4, 0.5) is 5.69 Å². The van der Waals surface area contributed by atoms with Gasteiger partial charge in [-0.3, -0.25) is 4.79 Å². The van der Waals surface area contributed by atoms with Crippen LogP contribution in [0.5, 0.6) is 0 Å². The first-order valence-electron chi connectivity index (χ1n) is 13.1. The summed E-state index contributed by atoms with van der Waals surface area (Å²) in [6.45, 7) is 1.11. The van der Waals surface area contributed by atoms with Crippen molar-refractivity contribution in [3.05, 3.63) is 88.8 Å². The normalized spacial score (nSPS) is 15.8. The molecule has 0 unspecified atom stereocenters. The van der Waals surface area contributed by atoms with Gasteiger partial charge in [-0.2, -0.15) is 4.31 Å². The number of nitrogens with one attached hydrogen (secondary N) is 1. The maximum absolute atomic E-state index is 13.0. The number of amides is 1. The van der Waals surface area contributed by atoms with Gasteiger partial charge in [0, 0.05) is 40.3 Å². The van der Waals surface area contributed by atoms with E-state index >= 15 is 0 Å². The van der Waals surface area contributed by atoms with E-state index in [4.69, 9.17) is 4.98 Å². The van der Waals surface area contributed by atoms with Crippen LogP contribution < -0.4 is 5.32 Å². The van der Waals surface area contributed by atoms with E-state index < -0.39 is 10.0 Å². The number of rotatable bonds is 5. The molecule has 1 fully saturated rings. The second kappa shape index (κ2) is 10.4. The summed E-state index contributed by atoms with van der Waals surface area (Å²) in [5, 5.41) is 3.89. The van der Waals surface area contributed by atoms with Crippen LogP contribution in [0.3, 0.4) is 0 Å². The van der Waals surface area contributed by atoms with E-state index in [2.05, 4.69) is 29.6 Å². The molecule has 4 aromatic rings. The third-order valence-electron chi connectivity index (χ3n) is 7.30. The average Bonchev–Trinajstić information content (AvgIpc) is 3.19. The van der Waals surface area contributed by atoms with Gasteiger partial charge < -0.3 is 5.32 Å². The number of carbonyl (C=O) groups excluding carboxylic acids is 1. The number of carbonyl (C=O) groups is 1. The van der Waals surface area contributed by atoms with Crippen molar-refractivity contribution < 1.29 is 13.2 Å². The quantitative estimate of drug-likeness (QED) is 0.316. The van der Waals surface area contributed by atoms with Gasteiger partial charge in [-0.1, -0.05) is 37.1 Å². The third-order valence-corrected chi connectivity index (χ3v) is 10.4. The van der Waals surface area contributed by atoms with Crippen LogP contribution in [0.1, 0.15) is 46.5 Å². The van der Waals surface area contributed by atoms with Crippen LogP contribution in [0.25, 0.3) is 21.8 Å². The molecule has 1 amide bonds. The smallest absolute Gasteiger partial charge is 0.255 e. The van der Waals surface area contributed by atoms with Gasteiger partial charge in [0.2, 0.25) is 10.0 Å². The predicted molar refractivity (Wildman–Crippen MR) is 152 cm³/mol. The van der Waals surface area contributed by atoms with Crippen LogP contribution >= 0.6 is 11.3 Å². The van der Waals surface area contributed by atoms with Crippen LogP contribution in [-0.2, 0) is 22.9 Å². The van der Waals surface area contributed by atoms with Crippen LogP contribution in [-0.4, -0.2) is 36.7 Å². The molecule has 1 aromatic heterocycles.